The summed E-state index contributed by atoms with van der Waals surface area (Å²) in [6.45, 7) is 0.195. The molecule has 0 saturated carbocycles. The van der Waals surface area contributed by atoms with E-state index in [1.54, 1.807) is 0 Å². The van der Waals surface area contributed by atoms with Gasteiger partial charge < -0.3 is 21.3 Å². The van der Waals surface area contributed by atoms with Crippen LogP contribution in [-0.2, 0) is 36.8 Å². The summed E-state index contributed by atoms with van der Waals surface area (Å²) in [6, 6.07) is 15.2. The van der Waals surface area contributed by atoms with Crippen LogP contribution in [0.1, 0.15) is 24.0 Å². The quantitative estimate of drug-likeness (QED) is 0.508. The van der Waals surface area contributed by atoms with Crippen LogP contribution in [0.25, 0.3) is 0 Å². The van der Waals surface area contributed by atoms with Gasteiger partial charge in [-0.1, -0.05) is 60.7 Å². The van der Waals surface area contributed by atoms with Gasteiger partial charge in [-0.2, -0.15) is 0 Å². The van der Waals surface area contributed by atoms with Crippen molar-refractivity contribution in [1.82, 2.24) is 9.80 Å². The molecule has 2 unspecified atom stereocenters. The number of hydrogen-bond acceptors (Lipinski definition) is 6. The molecule has 4 N–H and O–H groups in total. The Morgan fingerprint density at radius 2 is 1.31 bits per heavy atom. The van der Waals surface area contributed by atoms with Gasteiger partial charge in [-0.05, 0) is 24.0 Å². The number of hydrogen-bond donors (Lipinski definition) is 2. The number of carbonyl (C=O) groups is 5. The first kappa shape index (κ1) is 25.2. The van der Waals surface area contributed by atoms with Crippen LogP contribution in [0.3, 0.4) is 0 Å². The number of primary amides is 1. The summed E-state index contributed by atoms with van der Waals surface area (Å²) >= 11 is 0. The fourth-order valence-electron chi connectivity index (χ4n) is 5.18. The van der Waals surface area contributed by atoms with Crippen LogP contribution in [0.4, 0.5) is 0 Å². The maximum absolute atomic E-state index is 13.8. The number of likely N-dealkylation sites (tertiary alicyclic amines) is 2. The molecule has 2 saturated heterocycles. The number of carbonyl (C=O) groups excluding carboxylic acids is 5. The highest BCUT2D eigenvalue weighted by Crippen LogP contribution is 2.29. The van der Waals surface area contributed by atoms with Gasteiger partial charge in [0.15, 0.2) is 17.6 Å². The Bertz CT molecular complexity index is 1150. The largest absolute Gasteiger partial charge is 0.367 e. The second kappa shape index (κ2) is 10.8. The van der Waals surface area contributed by atoms with Crippen molar-refractivity contribution in [3.63, 3.8) is 0 Å². The number of nitrogens with two attached hydrogens (primary N) is 2. The van der Waals surface area contributed by atoms with Gasteiger partial charge in [-0.15, -0.1) is 0 Å². The van der Waals surface area contributed by atoms with E-state index in [4.69, 9.17) is 11.5 Å². The minimum atomic E-state index is -1.36. The molecule has 0 aliphatic carbocycles. The minimum Gasteiger partial charge on any atom is -0.367 e. The zero-order valence-electron chi connectivity index (χ0n) is 19.9. The third-order valence-corrected chi connectivity index (χ3v) is 6.93. The lowest BCUT2D eigenvalue weighted by atomic mass is 9.88. The molecule has 36 heavy (non-hydrogen) atoms. The van der Waals surface area contributed by atoms with E-state index in [0.29, 0.717) is 6.42 Å². The van der Waals surface area contributed by atoms with Crippen molar-refractivity contribution in [2.75, 3.05) is 13.1 Å². The number of Topliss-reactive ketones (excluding diaryl/α,β-unsaturated/α-hetero) is 2. The van der Waals surface area contributed by atoms with Gasteiger partial charge in [0.25, 0.3) is 0 Å². The fourth-order valence-corrected chi connectivity index (χ4v) is 5.18. The van der Waals surface area contributed by atoms with Gasteiger partial charge in [-0.25, -0.2) is 0 Å². The molecule has 0 aromatic heterocycles. The molecule has 2 aliphatic heterocycles. The molecule has 188 valence electrons. The van der Waals surface area contributed by atoms with Crippen LogP contribution < -0.4 is 11.5 Å². The van der Waals surface area contributed by atoms with E-state index in [1.165, 1.54) is 4.90 Å². The van der Waals surface area contributed by atoms with Crippen LogP contribution in [0, 0.1) is 5.92 Å². The number of amides is 3. The van der Waals surface area contributed by atoms with Gasteiger partial charge >= 0.3 is 0 Å². The second-order valence-electron chi connectivity index (χ2n) is 9.34. The molecule has 4 atom stereocenters. The number of nitrogens with zero attached hydrogens (tertiary/aromatic N) is 2. The standard InChI is InChI=1S/C27H30N4O5/c28-20(16-18-9-5-2-6-10-18)27(36)30-13-11-21(32)23(30)19(15-17-7-3-1-4-8-17)26(35)31-14-12-22(33)24(31)25(29)34/h1-10,19-20,23-24H,11-16,28H2,(H2,29,34)/t19-,20?,23?,24-/m0/s1. The van der Waals surface area contributed by atoms with Crippen molar-refractivity contribution in [1.29, 1.82) is 0 Å². The first-order valence-corrected chi connectivity index (χ1v) is 12.1. The maximum atomic E-state index is 13.8. The van der Waals surface area contributed by atoms with Crippen molar-refractivity contribution in [2.45, 2.75) is 43.8 Å². The Hall–Kier alpha value is -3.85. The summed E-state index contributed by atoms with van der Waals surface area (Å²) in [7, 11) is 0. The van der Waals surface area contributed by atoms with Gasteiger partial charge in [-0.3, -0.25) is 24.0 Å². The molecule has 0 spiro atoms. The molecule has 2 heterocycles. The van der Waals surface area contributed by atoms with Crippen molar-refractivity contribution in [2.24, 2.45) is 17.4 Å². The lowest BCUT2D eigenvalue weighted by Crippen LogP contribution is -2.56. The molecular weight excluding hydrogens is 460 g/mol. The van der Waals surface area contributed by atoms with Crippen LogP contribution in [0.5, 0.6) is 0 Å². The van der Waals surface area contributed by atoms with Crippen LogP contribution in [0.2, 0.25) is 0 Å². The highest BCUT2D eigenvalue weighted by Gasteiger charge is 2.49. The van der Waals surface area contributed by atoms with Crippen molar-refractivity contribution >= 4 is 29.3 Å². The predicted octanol–water partition coefficient (Wildman–Crippen LogP) is 0.241. The van der Waals surface area contributed by atoms with Crippen molar-refractivity contribution < 1.29 is 24.0 Å². The van der Waals surface area contributed by atoms with Gasteiger partial charge in [0.1, 0.15) is 6.04 Å². The smallest absolute Gasteiger partial charge is 0.247 e. The number of rotatable bonds is 8. The molecule has 2 aliphatic rings. The van der Waals surface area contributed by atoms with Gasteiger partial charge in [0.2, 0.25) is 17.7 Å². The minimum absolute atomic E-state index is 0.0145. The molecule has 2 aromatic rings. The third-order valence-electron chi connectivity index (χ3n) is 6.93. The van der Waals surface area contributed by atoms with E-state index in [9.17, 15) is 24.0 Å². The molecule has 9 heteroatoms. The predicted molar refractivity (Wildman–Crippen MR) is 131 cm³/mol. The normalized spacial score (nSPS) is 21.5. The summed E-state index contributed by atoms with van der Waals surface area (Å²) in [5.41, 5.74) is 13.4. The Balaban J connectivity index is 1.64. The topological polar surface area (TPSA) is 144 Å². The lowest BCUT2D eigenvalue weighted by molar-refractivity contribution is -0.148. The summed E-state index contributed by atoms with van der Waals surface area (Å²) < 4.78 is 0. The molecule has 3 amide bonds. The summed E-state index contributed by atoms with van der Waals surface area (Å²) in [5, 5.41) is 0. The van der Waals surface area contributed by atoms with Crippen LogP contribution >= 0.6 is 0 Å². The highest BCUT2D eigenvalue weighted by molar-refractivity contribution is 6.10. The monoisotopic (exact) mass is 490 g/mol. The Morgan fingerprint density at radius 3 is 1.89 bits per heavy atom. The Kier molecular flexibility index (Phi) is 7.59. The van der Waals surface area contributed by atoms with Crippen LogP contribution in [0.15, 0.2) is 60.7 Å². The maximum Gasteiger partial charge on any atom is 0.247 e. The number of ketones is 2. The van der Waals surface area contributed by atoms with Crippen LogP contribution in [-0.4, -0.2) is 70.3 Å². The molecular formula is C27H30N4O5. The summed E-state index contributed by atoms with van der Waals surface area (Å²) in [6.07, 6.45) is 0.564. The zero-order chi connectivity index (χ0) is 25.8. The van der Waals surface area contributed by atoms with E-state index in [1.807, 2.05) is 60.7 Å². The average molecular weight is 491 g/mol. The van der Waals surface area contributed by atoms with E-state index >= 15 is 0 Å². The van der Waals surface area contributed by atoms with Crippen molar-refractivity contribution in [3.05, 3.63) is 71.8 Å². The molecule has 0 radical (unpaired) electrons. The van der Waals surface area contributed by atoms with Gasteiger partial charge in [0, 0.05) is 25.9 Å². The van der Waals surface area contributed by atoms with Crippen molar-refractivity contribution in [3.8, 4) is 0 Å². The molecule has 0 bridgehead atoms. The Labute approximate surface area is 209 Å². The molecule has 2 fully saturated rings. The molecule has 9 nitrogen and oxygen atoms in total. The third kappa shape index (κ3) is 5.21. The van der Waals surface area contributed by atoms with E-state index in [2.05, 4.69) is 0 Å². The SMILES string of the molecule is NC(=O)[C@@H]1C(=O)CCN1C(=O)[C@@H](Cc1ccccc1)C1C(=O)CCN1C(=O)C(N)Cc1ccccc1. The number of benzene rings is 2. The lowest BCUT2D eigenvalue weighted by Gasteiger charge is -2.34. The first-order chi connectivity index (χ1) is 17.3. The van der Waals surface area contributed by atoms with E-state index in [-0.39, 0.29) is 38.1 Å². The fraction of sp³-hybridized carbons (Fsp3) is 0.370. The second-order valence-corrected chi connectivity index (χ2v) is 9.34. The zero-order valence-corrected chi connectivity index (χ0v) is 19.9. The van der Waals surface area contributed by atoms with E-state index < -0.39 is 47.5 Å². The van der Waals surface area contributed by atoms with E-state index in [0.717, 1.165) is 16.0 Å². The summed E-state index contributed by atoms with van der Waals surface area (Å²) in [5.74, 6) is -3.51. The summed E-state index contributed by atoms with van der Waals surface area (Å²) in [4.78, 5) is 67.2. The van der Waals surface area contributed by atoms with Gasteiger partial charge in [0.05, 0.1) is 12.0 Å². The first-order valence-electron chi connectivity index (χ1n) is 12.1. The molecule has 4 rings (SSSR count). The molecule has 2 aromatic carbocycles. The Morgan fingerprint density at radius 1 is 0.778 bits per heavy atom. The average Bonchev–Trinajstić information content (AvgIpc) is 3.45. The highest BCUT2D eigenvalue weighted by atomic mass is 16.2.